The van der Waals surface area contributed by atoms with Gasteiger partial charge in [0.2, 0.25) is 0 Å². The number of nitrogens with zero attached hydrogens (tertiary/aromatic N) is 1. The van der Waals surface area contributed by atoms with Gasteiger partial charge in [-0.3, -0.25) is 0 Å². The van der Waals surface area contributed by atoms with Gasteiger partial charge in [0, 0.05) is 0 Å². The summed E-state index contributed by atoms with van der Waals surface area (Å²) in [5, 5.41) is 5.69. The summed E-state index contributed by atoms with van der Waals surface area (Å²) in [6.45, 7) is 2.05. The van der Waals surface area contributed by atoms with Crippen molar-refractivity contribution in [3.63, 3.8) is 0 Å². The van der Waals surface area contributed by atoms with Gasteiger partial charge in [-0.15, -0.1) is 11.3 Å². The summed E-state index contributed by atoms with van der Waals surface area (Å²) in [4.78, 5) is 5.70. The number of hydrogen-bond acceptors (Lipinski definition) is 3. The van der Waals surface area contributed by atoms with Gasteiger partial charge in [0.1, 0.15) is 7.11 Å². The molecule has 54 valence electrons. The van der Waals surface area contributed by atoms with Gasteiger partial charge in [-0.2, -0.15) is 0 Å². The van der Waals surface area contributed by atoms with Gasteiger partial charge < -0.3 is 4.84 Å². The van der Waals surface area contributed by atoms with E-state index in [4.69, 9.17) is 0 Å². The number of oxime groups is 1. The molecule has 0 aromatic carbocycles. The fourth-order valence-corrected chi connectivity index (χ4v) is 1.39. The molecule has 0 fully saturated rings. The zero-order chi connectivity index (χ0) is 7.40. The monoisotopic (exact) mass is 155 g/mol. The Balaban J connectivity index is 2.74. The van der Waals surface area contributed by atoms with Gasteiger partial charge in [0.25, 0.3) is 0 Å². The highest BCUT2D eigenvalue weighted by Crippen LogP contribution is 2.12. The lowest BCUT2D eigenvalue weighted by atomic mass is 10.3. The molecule has 1 aromatic rings. The molecule has 1 aromatic heterocycles. The van der Waals surface area contributed by atoms with Crippen LogP contribution in [-0.4, -0.2) is 13.3 Å². The van der Waals surface area contributed by atoms with Crippen LogP contribution in [0, 0.1) is 6.92 Å². The van der Waals surface area contributed by atoms with Crippen molar-refractivity contribution in [3.8, 4) is 0 Å². The van der Waals surface area contributed by atoms with Crippen molar-refractivity contribution in [2.24, 2.45) is 5.16 Å². The van der Waals surface area contributed by atoms with Gasteiger partial charge in [-0.05, 0) is 23.9 Å². The molecule has 0 spiro atoms. The minimum Gasteiger partial charge on any atom is -0.399 e. The first-order chi connectivity index (χ1) is 4.84. The number of rotatable bonds is 2. The lowest BCUT2D eigenvalue weighted by Gasteiger charge is -1.86. The summed E-state index contributed by atoms with van der Waals surface area (Å²) < 4.78 is 0. The quantitative estimate of drug-likeness (QED) is 0.473. The first kappa shape index (κ1) is 7.28. The van der Waals surface area contributed by atoms with E-state index in [1.807, 2.05) is 12.3 Å². The maximum absolute atomic E-state index is 4.55. The highest BCUT2D eigenvalue weighted by Gasteiger charge is 1.93. The second kappa shape index (κ2) is 3.37. The molecule has 0 bridgehead atoms. The largest absolute Gasteiger partial charge is 0.399 e. The molecule has 1 heterocycles. The van der Waals surface area contributed by atoms with Crippen LogP contribution in [0.25, 0.3) is 0 Å². The molecule has 0 saturated carbocycles. The molecular formula is C7H9NOS. The molecule has 0 N–H and O–H groups in total. The van der Waals surface area contributed by atoms with Crippen LogP contribution in [0.3, 0.4) is 0 Å². The molecule has 3 heteroatoms. The van der Waals surface area contributed by atoms with Crippen molar-refractivity contribution >= 4 is 17.6 Å². The fraction of sp³-hybridized carbons (Fsp3) is 0.286. The molecule has 0 aliphatic heterocycles. The first-order valence-electron chi connectivity index (χ1n) is 2.95. The van der Waals surface area contributed by atoms with Crippen LogP contribution in [0.2, 0.25) is 0 Å². The third-order valence-electron chi connectivity index (χ3n) is 1.18. The summed E-state index contributed by atoms with van der Waals surface area (Å²) in [5.74, 6) is 0. The van der Waals surface area contributed by atoms with Gasteiger partial charge in [0.05, 0.1) is 11.1 Å². The van der Waals surface area contributed by atoms with Crippen molar-refractivity contribution in [2.75, 3.05) is 7.11 Å². The minimum atomic E-state index is 1.15. The number of thiophene rings is 1. The Kier molecular flexibility index (Phi) is 2.45. The van der Waals surface area contributed by atoms with Gasteiger partial charge in [-0.25, -0.2) is 0 Å². The molecule has 0 aliphatic rings. The van der Waals surface area contributed by atoms with Crippen LogP contribution in [0.1, 0.15) is 10.4 Å². The highest BCUT2D eigenvalue weighted by atomic mass is 32.1. The zero-order valence-corrected chi connectivity index (χ0v) is 6.81. The van der Waals surface area contributed by atoms with Crippen molar-refractivity contribution in [1.29, 1.82) is 0 Å². The topological polar surface area (TPSA) is 21.6 Å². The Morgan fingerprint density at radius 3 is 3.00 bits per heavy atom. The summed E-state index contributed by atoms with van der Waals surface area (Å²) >= 11 is 1.66. The second-order valence-corrected chi connectivity index (χ2v) is 2.83. The van der Waals surface area contributed by atoms with Gasteiger partial charge in [-0.1, -0.05) is 5.16 Å². The predicted molar refractivity (Wildman–Crippen MR) is 43.7 cm³/mol. The Morgan fingerprint density at radius 1 is 1.70 bits per heavy atom. The third kappa shape index (κ3) is 1.57. The van der Waals surface area contributed by atoms with E-state index in [1.165, 1.54) is 5.56 Å². The SMILES string of the molecule is CO/N=C/c1sccc1C. The van der Waals surface area contributed by atoms with E-state index in [0.29, 0.717) is 0 Å². The van der Waals surface area contributed by atoms with Crippen LogP contribution < -0.4 is 0 Å². The lowest BCUT2D eigenvalue weighted by molar-refractivity contribution is 0.215. The maximum atomic E-state index is 4.55. The summed E-state index contributed by atoms with van der Waals surface area (Å²) in [5.41, 5.74) is 1.24. The van der Waals surface area contributed by atoms with E-state index >= 15 is 0 Å². The molecule has 1 rings (SSSR count). The van der Waals surface area contributed by atoms with E-state index in [1.54, 1.807) is 24.7 Å². The Hall–Kier alpha value is -0.830. The van der Waals surface area contributed by atoms with Crippen molar-refractivity contribution in [3.05, 3.63) is 21.9 Å². The lowest BCUT2D eigenvalue weighted by Crippen LogP contribution is -1.78. The minimum absolute atomic E-state index is 1.15. The zero-order valence-electron chi connectivity index (χ0n) is 6.00. The molecule has 0 unspecified atom stereocenters. The molecule has 0 atom stereocenters. The molecule has 10 heavy (non-hydrogen) atoms. The Morgan fingerprint density at radius 2 is 2.50 bits per heavy atom. The van der Waals surface area contributed by atoms with Crippen LogP contribution in [0.5, 0.6) is 0 Å². The van der Waals surface area contributed by atoms with E-state index < -0.39 is 0 Å². The fourth-order valence-electron chi connectivity index (χ4n) is 0.617. The normalized spacial score (nSPS) is 10.6. The molecule has 0 saturated heterocycles. The molecule has 0 amide bonds. The van der Waals surface area contributed by atoms with Crippen LogP contribution in [-0.2, 0) is 4.84 Å². The standard InChI is InChI=1S/C7H9NOS/c1-6-3-4-10-7(6)5-8-9-2/h3-5H,1-2H3/b8-5+. The van der Waals surface area contributed by atoms with E-state index in [9.17, 15) is 0 Å². The van der Waals surface area contributed by atoms with Crippen LogP contribution in [0.4, 0.5) is 0 Å². The van der Waals surface area contributed by atoms with Gasteiger partial charge >= 0.3 is 0 Å². The van der Waals surface area contributed by atoms with Crippen LogP contribution in [0.15, 0.2) is 16.6 Å². The van der Waals surface area contributed by atoms with Crippen molar-refractivity contribution in [2.45, 2.75) is 6.92 Å². The molecule has 2 nitrogen and oxygen atoms in total. The molecule has 0 aliphatic carbocycles. The summed E-state index contributed by atoms with van der Waals surface area (Å²) in [7, 11) is 1.54. The average molecular weight is 155 g/mol. The Bertz CT molecular complexity index is 229. The highest BCUT2D eigenvalue weighted by molar-refractivity contribution is 7.11. The molecule has 0 radical (unpaired) electrons. The van der Waals surface area contributed by atoms with Crippen molar-refractivity contribution in [1.82, 2.24) is 0 Å². The third-order valence-corrected chi connectivity index (χ3v) is 2.13. The first-order valence-corrected chi connectivity index (χ1v) is 3.83. The average Bonchev–Trinajstić information content (AvgIpc) is 2.31. The van der Waals surface area contributed by atoms with Gasteiger partial charge in [0.15, 0.2) is 0 Å². The number of hydrogen-bond donors (Lipinski definition) is 0. The summed E-state index contributed by atoms with van der Waals surface area (Å²) in [6, 6.07) is 2.06. The van der Waals surface area contributed by atoms with E-state index in [-0.39, 0.29) is 0 Å². The molecular weight excluding hydrogens is 146 g/mol. The predicted octanol–water partition coefficient (Wildman–Crippen LogP) is 2.04. The van der Waals surface area contributed by atoms with Crippen molar-refractivity contribution < 1.29 is 4.84 Å². The second-order valence-electron chi connectivity index (χ2n) is 1.88. The van der Waals surface area contributed by atoms with E-state index in [2.05, 4.69) is 16.1 Å². The maximum Gasteiger partial charge on any atom is 0.106 e. The summed E-state index contributed by atoms with van der Waals surface area (Å²) in [6.07, 6.45) is 1.72. The van der Waals surface area contributed by atoms with E-state index in [0.717, 1.165) is 4.88 Å². The van der Waals surface area contributed by atoms with Crippen LogP contribution >= 0.6 is 11.3 Å². The number of aryl methyl sites for hydroxylation is 1. The Labute approximate surface area is 64.1 Å². The smallest absolute Gasteiger partial charge is 0.106 e.